The summed E-state index contributed by atoms with van der Waals surface area (Å²) in [4.78, 5) is 28.5. The number of hydrogen-bond donors (Lipinski definition) is 2. The molecule has 1 aromatic heterocycles. The van der Waals surface area contributed by atoms with Crippen molar-refractivity contribution in [2.75, 3.05) is 20.3 Å². The molecular weight excluding hydrogens is 298 g/mol. The molecule has 0 aliphatic carbocycles. The Kier molecular flexibility index (Phi) is 5.48. The highest BCUT2D eigenvalue weighted by Gasteiger charge is 2.20. The van der Waals surface area contributed by atoms with Crippen molar-refractivity contribution < 1.29 is 14.6 Å². The van der Waals surface area contributed by atoms with Crippen LogP contribution in [0.1, 0.15) is 18.2 Å². The van der Waals surface area contributed by atoms with Crippen molar-refractivity contribution in [1.82, 2.24) is 9.78 Å². The second-order valence-electron chi connectivity index (χ2n) is 4.89. The number of aliphatic imine (C=N–C) groups is 1. The monoisotopic (exact) mass is 317 g/mol. The number of aromatic nitrogens is 2. The highest BCUT2D eigenvalue weighted by molar-refractivity contribution is 6.00. The van der Waals surface area contributed by atoms with Crippen LogP contribution in [0.25, 0.3) is 5.69 Å². The molecule has 0 aliphatic rings. The van der Waals surface area contributed by atoms with Crippen molar-refractivity contribution in [1.29, 1.82) is 0 Å². The minimum Gasteiger partial charge on any atom is -0.469 e. The van der Waals surface area contributed by atoms with Crippen LogP contribution in [0.2, 0.25) is 0 Å². The number of hydrogen-bond acceptors (Lipinski definition) is 5. The number of ether oxygens (including phenoxy) is 1. The van der Waals surface area contributed by atoms with Gasteiger partial charge >= 0.3 is 5.97 Å². The van der Waals surface area contributed by atoms with Crippen LogP contribution in [-0.4, -0.2) is 46.8 Å². The fourth-order valence-corrected chi connectivity index (χ4v) is 2.26. The average Bonchev–Trinajstić information content (AvgIpc) is 2.89. The number of esters is 1. The number of aliphatic hydroxyl groups is 1. The van der Waals surface area contributed by atoms with Gasteiger partial charge in [-0.25, -0.2) is 4.68 Å². The molecule has 0 amide bonds. The second-order valence-corrected chi connectivity index (χ2v) is 4.89. The first-order chi connectivity index (χ1) is 11.1. The van der Waals surface area contributed by atoms with E-state index in [0.717, 1.165) is 0 Å². The molecule has 2 rings (SSSR count). The van der Waals surface area contributed by atoms with E-state index in [4.69, 9.17) is 5.11 Å². The van der Waals surface area contributed by atoms with E-state index in [1.807, 2.05) is 18.2 Å². The van der Waals surface area contributed by atoms with Crippen LogP contribution in [0.3, 0.4) is 0 Å². The minimum absolute atomic E-state index is 0.0626. The third kappa shape index (κ3) is 3.75. The summed E-state index contributed by atoms with van der Waals surface area (Å²) in [6.07, 6.45) is -0.0626. The zero-order chi connectivity index (χ0) is 16.8. The summed E-state index contributed by atoms with van der Waals surface area (Å²) in [6.45, 7) is 1.76. The van der Waals surface area contributed by atoms with Crippen LogP contribution in [0, 0.1) is 0 Å². The van der Waals surface area contributed by atoms with E-state index in [1.165, 1.54) is 11.8 Å². The SMILES string of the molecule is COC(=O)Cc1[nH]n(-c2ccccc2)c(=O)c1C(C)=NCCO. The van der Waals surface area contributed by atoms with E-state index in [0.29, 0.717) is 22.7 Å². The number of para-hydroxylation sites is 1. The van der Waals surface area contributed by atoms with Gasteiger partial charge in [0, 0.05) is 5.71 Å². The van der Waals surface area contributed by atoms with E-state index >= 15 is 0 Å². The van der Waals surface area contributed by atoms with Crippen LogP contribution < -0.4 is 5.56 Å². The number of carbonyl (C=O) groups is 1. The maximum absolute atomic E-state index is 12.7. The van der Waals surface area contributed by atoms with Gasteiger partial charge < -0.3 is 9.84 Å². The number of nitrogens with one attached hydrogen (secondary N) is 1. The molecule has 7 nitrogen and oxygen atoms in total. The Morgan fingerprint density at radius 3 is 2.65 bits per heavy atom. The van der Waals surface area contributed by atoms with Crippen molar-refractivity contribution >= 4 is 11.7 Å². The van der Waals surface area contributed by atoms with Crippen molar-refractivity contribution in [2.45, 2.75) is 13.3 Å². The van der Waals surface area contributed by atoms with Crippen LogP contribution in [0.15, 0.2) is 40.1 Å². The molecule has 122 valence electrons. The third-order valence-electron chi connectivity index (χ3n) is 3.34. The lowest BCUT2D eigenvalue weighted by Gasteiger charge is -2.01. The Hall–Kier alpha value is -2.67. The summed E-state index contributed by atoms with van der Waals surface area (Å²) in [5.74, 6) is -0.456. The third-order valence-corrected chi connectivity index (χ3v) is 3.34. The van der Waals surface area contributed by atoms with Crippen molar-refractivity contribution in [3.05, 3.63) is 51.9 Å². The molecule has 0 saturated carbocycles. The summed E-state index contributed by atoms with van der Waals surface area (Å²) in [7, 11) is 1.29. The largest absolute Gasteiger partial charge is 0.469 e. The van der Waals surface area contributed by atoms with Crippen molar-refractivity contribution in [3.63, 3.8) is 0 Å². The first-order valence-electron chi connectivity index (χ1n) is 7.17. The van der Waals surface area contributed by atoms with Crippen molar-refractivity contribution in [3.8, 4) is 5.69 Å². The maximum atomic E-state index is 12.7. The summed E-state index contributed by atoms with van der Waals surface area (Å²) < 4.78 is 6.04. The van der Waals surface area contributed by atoms with Crippen molar-refractivity contribution in [2.24, 2.45) is 4.99 Å². The van der Waals surface area contributed by atoms with E-state index in [-0.39, 0.29) is 25.1 Å². The summed E-state index contributed by atoms with van der Waals surface area (Å²) >= 11 is 0. The number of methoxy groups -OCH3 is 1. The van der Waals surface area contributed by atoms with Gasteiger partial charge in [0.1, 0.15) is 0 Å². The number of aliphatic hydroxyl groups excluding tert-OH is 1. The van der Waals surface area contributed by atoms with Gasteiger partial charge in [-0.2, -0.15) is 0 Å². The predicted molar refractivity (Wildman–Crippen MR) is 86.3 cm³/mol. The molecule has 1 heterocycles. The first kappa shape index (κ1) is 16.7. The zero-order valence-electron chi connectivity index (χ0n) is 13.1. The Morgan fingerprint density at radius 1 is 1.35 bits per heavy atom. The molecule has 0 aliphatic heterocycles. The minimum atomic E-state index is -0.456. The highest BCUT2D eigenvalue weighted by atomic mass is 16.5. The normalized spacial score (nSPS) is 11.5. The summed E-state index contributed by atoms with van der Waals surface area (Å²) in [5.41, 5.74) is 1.59. The fraction of sp³-hybridized carbons (Fsp3) is 0.312. The molecule has 0 bridgehead atoms. The van der Waals surface area contributed by atoms with Crippen LogP contribution in [0.4, 0.5) is 0 Å². The number of nitrogens with zero attached hydrogens (tertiary/aromatic N) is 2. The Balaban J connectivity index is 2.56. The van der Waals surface area contributed by atoms with Gasteiger partial charge in [-0.1, -0.05) is 18.2 Å². The molecule has 0 unspecified atom stereocenters. The van der Waals surface area contributed by atoms with Gasteiger partial charge in [-0.05, 0) is 19.1 Å². The Labute approximate surface area is 133 Å². The summed E-state index contributed by atoms with van der Waals surface area (Å²) in [6, 6.07) is 9.04. The lowest BCUT2D eigenvalue weighted by Crippen LogP contribution is -2.20. The number of carbonyl (C=O) groups excluding carboxylic acids is 1. The number of aromatic amines is 1. The highest BCUT2D eigenvalue weighted by Crippen LogP contribution is 2.10. The van der Waals surface area contributed by atoms with E-state index in [2.05, 4.69) is 14.8 Å². The molecule has 23 heavy (non-hydrogen) atoms. The molecule has 0 radical (unpaired) electrons. The van der Waals surface area contributed by atoms with Gasteiger partial charge in [0.05, 0.1) is 43.6 Å². The van der Waals surface area contributed by atoms with Gasteiger partial charge in [0.15, 0.2) is 0 Å². The Morgan fingerprint density at radius 2 is 2.04 bits per heavy atom. The standard InChI is InChI=1S/C16H19N3O4/c1-11(17-8-9-20)15-13(10-14(21)23-2)18-19(16(15)22)12-6-4-3-5-7-12/h3-7,18,20H,8-10H2,1-2H3. The van der Waals surface area contributed by atoms with Gasteiger partial charge in [0.2, 0.25) is 0 Å². The molecule has 0 saturated heterocycles. The lowest BCUT2D eigenvalue weighted by molar-refractivity contribution is -0.139. The van der Waals surface area contributed by atoms with Crippen LogP contribution >= 0.6 is 0 Å². The number of H-pyrrole nitrogens is 1. The van der Waals surface area contributed by atoms with Crippen LogP contribution in [0.5, 0.6) is 0 Å². The summed E-state index contributed by atoms with van der Waals surface area (Å²) in [5, 5.41) is 11.8. The topological polar surface area (TPSA) is 96.7 Å². The van der Waals surface area contributed by atoms with Crippen LogP contribution in [-0.2, 0) is 16.0 Å². The van der Waals surface area contributed by atoms with E-state index < -0.39 is 5.97 Å². The quantitative estimate of drug-likeness (QED) is 0.605. The smallest absolute Gasteiger partial charge is 0.311 e. The lowest BCUT2D eigenvalue weighted by atomic mass is 10.1. The molecule has 0 atom stereocenters. The van der Waals surface area contributed by atoms with E-state index in [9.17, 15) is 9.59 Å². The second kappa shape index (κ2) is 7.55. The Bertz CT molecular complexity index is 759. The maximum Gasteiger partial charge on any atom is 0.311 e. The number of rotatable bonds is 6. The molecular formula is C16H19N3O4. The average molecular weight is 317 g/mol. The molecule has 1 aromatic carbocycles. The van der Waals surface area contributed by atoms with E-state index in [1.54, 1.807) is 19.1 Å². The molecule has 2 N–H and O–H groups in total. The predicted octanol–water partition coefficient (Wildman–Crippen LogP) is 0.682. The molecule has 0 spiro atoms. The van der Waals surface area contributed by atoms with Gasteiger partial charge in [-0.3, -0.25) is 19.7 Å². The molecule has 2 aromatic rings. The zero-order valence-corrected chi connectivity index (χ0v) is 13.1. The van der Waals surface area contributed by atoms with Gasteiger partial charge in [-0.15, -0.1) is 0 Å². The first-order valence-corrected chi connectivity index (χ1v) is 7.17. The molecule has 0 fully saturated rings. The fourth-order valence-electron chi connectivity index (χ4n) is 2.26. The molecule has 7 heteroatoms. The van der Waals surface area contributed by atoms with Gasteiger partial charge in [0.25, 0.3) is 5.56 Å². The number of benzene rings is 1.